The Kier molecular flexibility index (Phi) is 14.1. The number of aromatic nitrogens is 4. The van der Waals surface area contributed by atoms with Crippen molar-refractivity contribution in [3.8, 4) is 11.5 Å². The fourth-order valence-electron chi connectivity index (χ4n) is 5.09. The second-order valence-corrected chi connectivity index (χ2v) is 17.0. The van der Waals surface area contributed by atoms with E-state index in [4.69, 9.17) is 32.7 Å². The highest BCUT2D eigenvalue weighted by molar-refractivity contribution is 7.93. The minimum absolute atomic E-state index is 0.0269. The molecule has 0 unspecified atom stereocenters. The molecule has 18 heteroatoms. The number of ether oxygens (including phenoxy) is 2. The molecule has 0 radical (unpaired) electrons. The number of benzene rings is 4. The lowest BCUT2D eigenvalue weighted by atomic mass is 10.0. The fraction of sp³-hybridized carbons (Fsp3) is 0.150. The van der Waals surface area contributed by atoms with E-state index in [0.29, 0.717) is 21.5 Å². The molecule has 0 saturated carbocycles. The third kappa shape index (κ3) is 11.6. The zero-order valence-electron chi connectivity index (χ0n) is 31.3. The van der Waals surface area contributed by atoms with Crippen LogP contribution in [0.1, 0.15) is 59.5 Å². The van der Waals surface area contributed by atoms with Crippen LogP contribution in [-0.2, 0) is 20.0 Å². The summed E-state index contributed by atoms with van der Waals surface area (Å²) in [7, 11) is -7.88. The van der Waals surface area contributed by atoms with Crippen molar-refractivity contribution in [2.45, 2.75) is 49.7 Å². The Balaban J connectivity index is 0.000000221. The van der Waals surface area contributed by atoms with E-state index in [1.165, 1.54) is 97.8 Å². The van der Waals surface area contributed by atoms with Crippen LogP contribution in [0.4, 0.5) is 11.4 Å². The summed E-state index contributed by atoms with van der Waals surface area (Å²) < 4.78 is 67.2. The van der Waals surface area contributed by atoms with Crippen LogP contribution in [0.2, 0.25) is 10.0 Å². The van der Waals surface area contributed by atoms with Crippen molar-refractivity contribution in [2.24, 2.45) is 0 Å². The summed E-state index contributed by atoms with van der Waals surface area (Å²) in [5, 5.41) is 7.91. The zero-order chi connectivity index (χ0) is 42.0. The molecule has 6 aromatic rings. The summed E-state index contributed by atoms with van der Waals surface area (Å²) in [6.07, 6.45) is 6.62. The van der Waals surface area contributed by atoms with E-state index in [0.717, 1.165) is 0 Å². The first kappa shape index (κ1) is 43.2. The minimum atomic E-state index is -3.94. The van der Waals surface area contributed by atoms with Crippen molar-refractivity contribution in [3.63, 3.8) is 0 Å². The van der Waals surface area contributed by atoms with Gasteiger partial charge in [0.1, 0.15) is 17.8 Å². The average molecular weight is 864 g/mol. The zero-order valence-corrected chi connectivity index (χ0v) is 34.5. The van der Waals surface area contributed by atoms with Crippen LogP contribution in [0, 0.1) is 0 Å². The maximum atomic E-state index is 12.8. The molecule has 300 valence electrons. The molecule has 0 amide bonds. The Morgan fingerprint density at radius 2 is 1.00 bits per heavy atom. The number of anilines is 2. The second-order valence-electron chi connectivity index (χ2n) is 12.8. The largest absolute Gasteiger partial charge is 0.491 e. The van der Waals surface area contributed by atoms with Crippen molar-refractivity contribution in [1.29, 1.82) is 0 Å². The van der Waals surface area contributed by atoms with Crippen LogP contribution in [0.3, 0.4) is 0 Å². The van der Waals surface area contributed by atoms with Gasteiger partial charge in [-0.2, -0.15) is 10.2 Å². The SMILES string of the molecule is CC(C)Oc1ccc(S(=O)(=O)Nc2ccc(Cl)cc2C(=O)c2ccnnc2)cc1.CC(C)Oc1ccc(S(=O)(=O)Nc2ccc(Cl)cc2C(=O)c2cncnc2)cc1. The number of rotatable bonds is 14. The summed E-state index contributed by atoms with van der Waals surface area (Å²) in [6, 6.07) is 22.2. The van der Waals surface area contributed by atoms with Crippen molar-refractivity contribution in [2.75, 3.05) is 9.44 Å². The van der Waals surface area contributed by atoms with Gasteiger partial charge in [-0.15, -0.1) is 0 Å². The molecular formula is C40H36Cl2N6O8S2. The third-order valence-electron chi connectivity index (χ3n) is 7.62. The lowest BCUT2D eigenvalue weighted by Gasteiger charge is -2.14. The molecule has 2 heterocycles. The van der Waals surface area contributed by atoms with E-state index >= 15 is 0 Å². The summed E-state index contributed by atoms with van der Waals surface area (Å²) in [6.45, 7) is 7.51. The van der Waals surface area contributed by atoms with Crippen LogP contribution >= 0.6 is 23.2 Å². The van der Waals surface area contributed by atoms with E-state index in [2.05, 4.69) is 29.6 Å². The van der Waals surface area contributed by atoms with Crippen molar-refractivity contribution in [3.05, 3.63) is 154 Å². The molecule has 2 N–H and O–H groups in total. The van der Waals surface area contributed by atoms with Crippen molar-refractivity contribution < 1.29 is 35.9 Å². The molecule has 0 atom stereocenters. The van der Waals surface area contributed by atoms with Crippen LogP contribution in [-0.4, -0.2) is 60.8 Å². The molecule has 58 heavy (non-hydrogen) atoms. The molecule has 0 aliphatic carbocycles. The Labute approximate surface area is 345 Å². The molecule has 0 fully saturated rings. The summed E-state index contributed by atoms with van der Waals surface area (Å²) in [5.41, 5.74) is 0.886. The van der Waals surface area contributed by atoms with Gasteiger partial charge in [0.2, 0.25) is 0 Å². The minimum Gasteiger partial charge on any atom is -0.491 e. The first-order valence-electron chi connectivity index (χ1n) is 17.3. The Hall–Kier alpha value is -5.94. The van der Waals surface area contributed by atoms with Gasteiger partial charge in [0, 0.05) is 39.1 Å². The van der Waals surface area contributed by atoms with E-state index in [1.807, 2.05) is 27.7 Å². The normalized spacial score (nSPS) is 11.3. The van der Waals surface area contributed by atoms with Gasteiger partial charge in [0.05, 0.1) is 51.3 Å². The molecule has 2 aromatic heterocycles. The highest BCUT2D eigenvalue weighted by Gasteiger charge is 2.22. The topological polar surface area (TPSA) is 196 Å². The van der Waals surface area contributed by atoms with Crippen LogP contribution < -0.4 is 18.9 Å². The number of carbonyl (C=O) groups is 2. The van der Waals surface area contributed by atoms with E-state index in [1.54, 1.807) is 24.3 Å². The number of nitrogens with one attached hydrogen (secondary N) is 2. The van der Waals surface area contributed by atoms with Crippen molar-refractivity contribution in [1.82, 2.24) is 20.2 Å². The molecule has 0 bridgehead atoms. The van der Waals surface area contributed by atoms with E-state index in [-0.39, 0.29) is 55.6 Å². The molecule has 0 saturated heterocycles. The van der Waals surface area contributed by atoms with E-state index in [9.17, 15) is 26.4 Å². The molecule has 6 rings (SSSR count). The Morgan fingerprint density at radius 1 is 0.569 bits per heavy atom. The predicted octanol–water partition coefficient (Wildman–Crippen LogP) is 7.90. The average Bonchev–Trinajstić information content (AvgIpc) is 3.19. The van der Waals surface area contributed by atoms with Gasteiger partial charge in [-0.25, -0.2) is 26.8 Å². The van der Waals surface area contributed by atoms with E-state index < -0.39 is 31.6 Å². The van der Waals surface area contributed by atoms with Gasteiger partial charge in [-0.3, -0.25) is 19.0 Å². The van der Waals surface area contributed by atoms with Gasteiger partial charge >= 0.3 is 0 Å². The monoisotopic (exact) mass is 862 g/mol. The first-order valence-corrected chi connectivity index (χ1v) is 21.0. The molecule has 14 nitrogen and oxygen atoms in total. The summed E-state index contributed by atoms with van der Waals surface area (Å²) >= 11 is 12.0. The van der Waals surface area contributed by atoms with Crippen LogP contribution in [0.15, 0.2) is 132 Å². The second kappa shape index (κ2) is 19.0. The Bertz CT molecular complexity index is 2420. The standard InChI is InChI=1S/2C20H18ClN3O4S/c1-13(2)28-16-4-6-17(7-5-16)29(26,27)24-19-8-3-15(21)9-18(19)20(25)14-10-22-12-23-11-14;1-13(2)28-16-4-6-17(7-5-16)29(26,27)24-19-8-3-15(21)11-18(19)20(25)14-9-10-22-23-12-14/h2*3-13,24H,1-2H3. The molecule has 0 aliphatic rings. The lowest BCUT2D eigenvalue weighted by Crippen LogP contribution is -2.16. The number of halogens is 2. The fourth-order valence-corrected chi connectivity index (χ4v) is 7.59. The van der Waals surface area contributed by atoms with Gasteiger partial charge in [0.25, 0.3) is 20.0 Å². The van der Waals surface area contributed by atoms with Gasteiger partial charge in [-0.1, -0.05) is 23.2 Å². The molecular weight excluding hydrogens is 828 g/mol. The quantitative estimate of drug-likeness (QED) is 0.101. The lowest BCUT2D eigenvalue weighted by molar-refractivity contribution is 0.103. The van der Waals surface area contributed by atoms with Crippen LogP contribution in [0.5, 0.6) is 11.5 Å². The number of hydrogen-bond acceptors (Lipinski definition) is 12. The maximum Gasteiger partial charge on any atom is 0.261 e. The summed E-state index contributed by atoms with van der Waals surface area (Å²) in [4.78, 5) is 33.3. The van der Waals surface area contributed by atoms with Gasteiger partial charge in [0.15, 0.2) is 11.6 Å². The third-order valence-corrected chi connectivity index (χ3v) is 10.9. The predicted molar refractivity (Wildman–Crippen MR) is 220 cm³/mol. The first-order chi connectivity index (χ1) is 27.5. The summed E-state index contributed by atoms with van der Waals surface area (Å²) in [5.74, 6) is 0.240. The maximum absolute atomic E-state index is 12.8. The molecule has 0 spiro atoms. The number of ketones is 2. The van der Waals surface area contributed by atoms with Crippen LogP contribution in [0.25, 0.3) is 0 Å². The van der Waals surface area contributed by atoms with Gasteiger partial charge in [-0.05, 0) is 119 Å². The number of nitrogens with zero attached hydrogens (tertiary/aromatic N) is 4. The highest BCUT2D eigenvalue weighted by atomic mass is 35.5. The molecule has 4 aromatic carbocycles. The number of sulfonamides is 2. The molecule has 0 aliphatic heterocycles. The number of carbonyl (C=O) groups excluding carboxylic acids is 2. The smallest absolute Gasteiger partial charge is 0.261 e. The Morgan fingerprint density at radius 3 is 1.40 bits per heavy atom. The van der Waals surface area contributed by atoms with Gasteiger partial charge < -0.3 is 9.47 Å². The van der Waals surface area contributed by atoms with Crippen molar-refractivity contribution >= 4 is 66.2 Å². The highest BCUT2D eigenvalue weighted by Crippen LogP contribution is 2.28. The number of hydrogen-bond donors (Lipinski definition) is 2.